The van der Waals surface area contributed by atoms with Gasteiger partial charge in [0.1, 0.15) is 11.5 Å². The normalized spacial score (nSPS) is 9.69. The fraction of sp³-hybridized carbons (Fsp3) is 0.231. The molecule has 16 heavy (non-hydrogen) atoms. The Bertz CT molecular complexity index is 411. The van der Waals surface area contributed by atoms with Gasteiger partial charge in [0.25, 0.3) is 0 Å². The van der Waals surface area contributed by atoms with Crippen LogP contribution in [0.15, 0.2) is 31.4 Å². The van der Waals surface area contributed by atoms with E-state index in [2.05, 4.69) is 13.2 Å². The molecule has 1 rings (SSSR count). The second-order valence-electron chi connectivity index (χ2n) is 3.25. The summed E-state index contributed by atoms with van der Waals surface area (Å²) in [7, 11) is 3.19. The van der Waals surface area contributed by atoms with Gasteiger partial charge in [-0.1, -0.05) is 24.3 Å². The molecular formula is C13H15ClO2. The highest BCUT2D eigenvalue weighted by atomic mass is 35.5. The Morgan fingerprint density at radius 3 is 2.62 bits per heavy atom. The quantitative estimate of drug-likeness (QED) is 0.575. The standard InChI is InChI=1S/C13H15ClO2/c1-5-6-11-12(9(2)15-3)7-10(14)8-13(11)16-4/h5,7-8H,1-2,6H2,3-4H3. The van der Waals surface area contributed by atoms with Gasteiger partial charge in [0.15, 0.2) is 0 Å². The zero-order valence-electron chi connectivity index (χ0n) is 9.55. The molecule has 0 saturated carbocycles. The molecule has 0 fully saturated rings. The Labute approximate surface area is 101 Å². The van der Waals surface area contributed by atoms with Crippen LogP contribution in [-0.2, 0) is 11.2 Å². The minimum absolute atomic E-state index is 0.567. The van der Waals surface area contributed by atoms with Crippen molar-refractivity contribution in [2.45, 2.75) is 6.42 Å². The average Bonchev–Trinajstić information content (AvgIpc) is 2.29. The first-order chi connectivity index (χ1) is 7.63. The van der Waals surface area contributed by atoms with E-state index >= 15 is 0 Å². The van der Waals surface area contributed by atoms with E-state index in [1.165, 1.54) is 0 Å². The van der Waals surface area contributed by atoms with Crippen LogP contribution < -0.4 is 4.74 Å². The highest BCUT2D eigenvalue weighted by Gasteiger charge is 2.12. The van der Waals surface area contributed by atoms with Crippen molar-refractivity contribution in [3.63, 3.8) is 0 Å². The topological polar surface area (TPSA) is 18.5 Å². The molecule has 1 aromatic carbocycles. The van der Waals surface area contributed by atoms with Crippen molar-refractivity contribution in [1.82, 2.24) is 0 Å². The molecule has 1 aromatic rings. The van der Waals surface area contributed by atoms with Gasteiger partial charge in [-0.05, 0) is 18.6 Å². The second-order valence-corrected chi connectivity index (χ2v) is 3.69. The summed E-state index contributed by atoms with van der Waals surface area (Å²) in [5.74, 6) is 1.29. The molecule has 0 unspecified atom stereocenters. The van der Waals surface area contributed by atoms with E-state index in [1.807, 2.05) is 6.07 Å². The highest BCUT2D eigenvalue weighted by molar-refractivity contribution is 6.31. The van der Waals surface area contributed by atoms with E-state index in [4.69, 9.17) is 21.1 Å². The van der Waals surface area contributed by atoms with Crippen molar-refractivity contribution in [3.8, 4) is 5.75 Å². The summed E-state index contributed by atoms with van der Waals surface area (Å²) in [5, 5.41) is 0.595. The van der Waals surface area contributed by atoms with E-state index < -0.39 is 0 Å². The molecule has 86 valence electrons. The largest absolute Gasteiger partial charge is 0.497 e. The third-order valence-corrected chi connectivity index (χ3v) is 2.51. The smallest absolute Gasteiger partial charge is 0.124 e. The van der Waals surface area contributed by atoms with Crippen molar-refractivity contribution >= 4 is 17.4 Å². The Morgan fingerprint density at radius 1 is 1.44 bits per heavy atom. The van der Waals surface area contributed by atoms with E-state index in [1.54, 1.807) is 26.4 Å². The van der Waals surface area contributed by atoms with Gasteiger partial charge in [-0.15, -0.1) is 6.58 Å². The monoisotopic (exact) mass is 238 g/mol. The molecule has 0 atom stereocenters. The van der Waals surface area contributed by atoms with Crippen molar-refractivity contribution in [2.75, 3.05) is 14.2 Å². The van der Waals surface area contributed by atoms with E-state index in [-0.39, 0.29) is 0 Å². The Hall–Kier alpha value is -1.41. The van der Waals surface area contributed by atoms with E-state index in [0.29, 0.717) is 17.2 Å². The summed E-state index contributed by atoms with van der Waals surface area (Å²) in [6.45, 7) is 7.55. The first-order valence-electron chi connectivity index (χ1n) is 4.84. The summed E-state index contributed by atoms with van der Waals surface area (Å²) >= 11 is 6.00. The van der Waals surface area contributed by atoms with Gasteiger partial charge in [0, 0.05) is 16.1 Å². The molecule has 0 spiro atoms. The molecule has 0 radical (unpaired) electrons. The lowest BCUT2D eigenvalue weighted by molar-refractivity contribution is 0.369. The molecule has 0 bridgehead atoms. The van der Waals surface area contributed by atoms with Gasteiger partial charge >= 0.3 is 0 Å². The molecule has 0 aromatic heterocycles. The predicted molar refractivity (Wildman–Crippen MR) is 67.9 cm³/mol. The van der Waals surface area contributed by atoms with E-state index in [0.717, 1.165) is 16.9 Å². The zero-order valence-corrected chi connectivity index (χ0v) is 10.3. The number of hydrogen-bond acceptors (Lipinski definition) is 2. The molecule has 2 nitrogen and oxygen atoms in total. The fourth-order valence-corrected chi connectivity index (χ4v) is 1.72. The van der Waals surface area contributed by atoms with Crippen LogP contribution in [0.1, 0.15) is 11.1 Å². The van der Waals surface area contributed by atoms with Gasteiger partial charge in [-0.3, -0.25) is 0 Å². The maximum atomic E-state index is 6.00. The maximum absolute atomic E-state index is 6.00. The lowest BCUT2D eigenvalue weighted by Gasteiger charge is -2.14. The van der Waals surface area contributed by atoms with Crippen LogP contribution in [0.25, 0.3) is 5.76 Å². The average molecular weight is 239 g/mol. The summed E-state index contributed by atoms with van der Waals surface area (Å²) < 4.78 is 10.4. The Kier molecular flexibility index (Phi) is 4.44. The number of ether oxygens (including phenoxy) is 2. The van der Waals surface area contributed by atoms with Crippen molar-refractivity contribution < 1.29 is 9.47 Å². The van der Waals surface area contributed by atoms with Gasteiger partial charge < -0.3 is 9.47 Å². The molecular weight excluding hydrogens is 224 g/mol. The predicted octanol–water partition coefficient (Wildman–Crippen LogP) is 3.69. The van der Waals surface area contributed by atoms with Gasteiger partial charge in [-0.25, -0.2) is 0 Å². The SMILES string of the molecule is C=CCc1c(OC)cc(Cl)cc1C(=C)OC. The third-order valence-electron chi connectivity index (χ3n) is 2.29. The van der Waals surface area contributed by atoms with Gasteiger partial charge in [-0.2, -0.15) is 0 Å². The zero-order chi connectivity index (χ0) is 12.1. The van der Waals surface area contributed by atoms with Crippen molar-refractivity contribution in [3.05, 3.63) is 47.5 Å². The molecule has 0 aliphatic heterocycles. The Morgan fingerprint density at radius 2 is 2.12 bits per heavy atom. The number of halogens is 1. The van der Waals surface area contributed by atoms with Crippen LogP contribution >= 0.6 is 11.6 Å². The molecule has 0 amide bonds. The minimum atomic E-state index is 0.567. The summed E-state index contributed by atoms with van der Waals surface area (Å²) in [6, 6.07) is 3.58. The van der Waals surface area contributed by atoms with Crippen LogP contribution in [0.2, 0.25) is 5.02 Å². The Balaban J connectivity index is 3.37. The highest BCUT2D eigenvalue weighted by Crippen LogP contribution is 2.31. The summed E-state index contributed by atoms with van der Waals surface area (Å²) in [5.41, 5.74) is 1.83. The van der Waals surface area contributed by atoms with Crippen molar-refractivity contribution in [2.24, 2.45) is 0 Å². The van der Waals surface area contributed by atoms with Crippen LogP contribution in [0.5, 0.6) is 5.75 Å². The molecule has 0 aliphatic carbocycles. The summed E-state index contributed by atoms with van der Waals surface area (Å²) in [6.07, 6.45) is 2.48. The van der Waals surface area contributed by atoms with Crippen LogP contribution in [0.4, 0.5) is 0 Å². The van der Waals surface area contributed by atoms with Gasteiger partial charge in [0.2, 0.25) is 0 Å². The van der Waals surface area contributed by atoms with E-state index in [9.17, 15) is 0 Å². The molecule has 3 heteroatoms. The fourth-order valence-electron chi connectivity index (χ4n) is 1.51. The third kappa shape index (κ3) is 2.58. The molecule has 0 heterocycles. The van der Waals surface area contributed by atoms with Crippen LogP contribution in [-0.4, -0.2) is 14.2 Å². The molecule has 0 aliphatic rings. The molecule has 0 N–H and O–H groups in total. The number of hydrogen-bond donors (Lipinski definition) is 0. The second kappa shape index (κ2) is 5.61. The first kappa shape index (κ1) is 12.7. The lowest BCUT2D eigenvalue weighted by atomic mass is 10.0. The van der Waals surface area contributed by atoms with Gasteiger partial charge in [0.05, 0.1) is 14.2 Å². The first-order valence-corrected chi connectivity index (χ1v) is 5.22. The lowest BCUT2D eigenvalue weighted by Crippen LogP contribution is -1.98. The minimum Gasteiger partial charge on any atom is -0.497 e. The maximum Gasteiger partial charge on any atom is 0.124 e. The van der Waals surface area contributed by atoms with Crippen LogP contribution in [0, 0.1) is 0 Å². The van der Waals surface area contributed by atoms with Crippen LogP contribution in [0.3, 0.4) is 0 Å². The molecule has 0 saturated heterocycles. The van der Waals surface area contributed by atoms with Crippen molar-refractivity contribution in [1.29, 1.82) is 0 Å². The number of allylic oxidation sites excluding steroid dienone is 1. The number of benzene rings is 1. The number of rotatable bonds is 5. The summed E-state index contributed by atoms with van der Waals surface area (Å²) in [4.78, 5) is 0. The number of methoxy groups -OCH3 is 2.